The Morgan fingerprint density at radius 3 is 2.56 bits per heavy atom. The zero-order valence-corrected chi connectivity index (χ0v) is 12.0. The van der Waals surface area contributed by atoms with Crippen LogP contribution in [-0.4, -0.2) is 11.4 Å². The summed E-state index contributed by atoms with van der Waals surface area (Å²) in [6, 6.07) is 7.27. The van der Waals surface area contributed by atoms with Gasteiger partial charge in [-0.2, -0.15) is 5.26 Å². The molecule has 16 heavy (non-hydrogen) atoms. The van der Waals surface area contributed by atoms with Gasteiger partial charge >= 0.3 is 0 Å². The summed E-state index contributed by atoms with van der Waals surface area (Å²) >= 11 is 6.61. The summed E-state index contributed by atoms with van der Waals surface area (Å²) in [5.74, 6) is -0.272. The van der Waals surface area contributed by atoms with E-state index in [9.17, 15) is 4.79 Å². The Kier molecular flexibility index (Phi) is 4.11. The lowest BCUT2D eigenvalue weighted by Crippen LogP contribution is -2.42. The molecule has 1 rings (SSSR count). The van der Waals surface area contributed by atoms with Crippen LogP contribution in [0, 0.1) is 11.3 Å². The van der Waals surface area contributed by atoms with Crippen LogP contribution in [0.5, 0.6) is 0 Å². The predicted molar refractivity (Wildman–Crippen MR) is 69.0 cm³/mol. The standard InChI is InChI=1S/C11H10Br2N2O/c1-11(2,6-14)15-10(16)8-4-3-7(12)5-9(8)13/h3-5H,1-2H3,(H,15,16). The number of hydrogen-bond acceptors (Lipinski definition) is 2. The Balaban J connectivity index is 2.95. The summed E-state index contributed by atoms with van der Waals surface area (Å²) in [4.78, 5) is 11.8. The van der Waals surface area contributed by atoms with Crippen molar-refractivity contribution in [3.05, 3.63) is 32.7 Å². The van der Waals surface area contributed by atoms with Crippen molar-refractivity contribution < 1.29 is 4.79 Å². The molecule has 1 aromatic rings. The van der Waals surface area contributed by atoms with Crippen LogP contribution in [0.2, 0.25) is 0 Å². The molecule has 1 N–H and O–H groups in total. The molecular formula is C11H10Br2N2O. The fourth-order valence-electron chi connectivity index (χ4n) is 1.05. The van der Waals surface area contributed by atoms with Crippen LogP contribution in [0.15, 0.2) is 27.1 Å². The number of benzene rings is 1. The third-order valence-electron chi connectivity index (χ3n) is 1.88. The van der Waals surface area contributed by atoms with Gasteiger partial charge in [0, 0.05) is 8.95 Å². The number of halogens is 2. The van der Waals surface area contributed by atoms with E-state index in [1.165, 1.54) is 0 Å². The van der Waals surface area contributed by atoms with Crippen LogP contribution in [0.1, 0.15) is 24.2 Å². The van der Waals surface area contributed by atoms with Crippen LogP contribution < -0.4 is 5.32 Å². The van der Waals surface area contributed by atoms with Crippen LogP contribution in [-0.2, 0) is 0 Å². The number of carbonyl (C=O) groups is 1. The normalized spacial score (nSPS) is 10.7. The molecule has 0 bridgehead atoms. The first-order valence-corrected chi connectivity index (χ1v) is 6.13. The van der Waals surface area contributed by atoms with Crippen molar-refractivity contribution in [2.75, 3.05) is 0 Å². The van der Waals surface area contributed by atoms with Crippen LogP contribution in [0.3, 0.4) is 0 Å². The minimum atomic E-state index is -0.871. The second kappa shape index (κ2) is 4.98. The lowest BCUT2D eigenvalue weighted by molar-refractivity contribution is 0.0928. The fourth-order valence-corrected chi connectivity index (χ4v) is 2.28. The monoisotopic (exact) mass is 344 g/mol. The summed E-state index contributed by atoms with van der Waals surface area (Å²) in [5, 5.41) is 11.5. The average Bonchev–Trinajstić information content (AvgIpc) is 2.16. The number of amides is 1. The van der Waals surface area contributed by atoms with Crippen molar-refractivity contribution in [3.63, 3.8) is 0 Å². The molecule has 1 aromatic carbocycles. The van der Waals surface area contributed by atoms with E-state index < -0.39 is 5.54 Å². The molecule has 0 fully saturated rings. The van der Waals surface area contributed by atoms with Gasteiger partial charge in [0.05, 0.1) is 11.6 Å². The Morgan fingerprint density at radius 1 is 1.44 bits per heavy atom. The average molecular weight is 346 g/mol. The van der Waals surface area contributed by atoms with Crippen LogP contribution in [0.25, 0.3) is 0 Å². The minimum Gasteiger partial charge on any atom is -0.334 e. The molecule has 0 radical (unpaired) electrons. The predicted octanol–water partition coefficient (Wildman–Crippen LogP) is 3.24. The van der Waals surface area contributed by atoms with Gasteiger partial charge in [0.1, 0.15) is 5.54 Å². The van der Waals surface area contributed by atoms with Gasteiger partial charge in [0.25, 0.3) is 5.91 Å². The molecule has 5 heteroatoms. The maximum Gasteiger partial charge on any atom is 0.253 e. The molecule has 0 aliphatic carbocycles. The lowest BCUT2D eigenvalue weighted by atomic mass is 10.1. The first kappa shape index (κ1) is 13.2. The number of nitriles is 1. The molecule has 0 aromatic heterocycles. The molecule has 0 spiro atoms. The second-order valence-electron chi connectivity index (χ2n) is 3.82. The molecule has 0 atom stereocenters. The molecule has 0 heterocycles. The zero-order chi connectivity index (χ0) is 12.3. The van der Waals surface area contributed by atoms with Crippen LogP contribution >= 0.6 is 31.9 Å². The van der Waals surface area contributed by atoms with E-state index in [1.54, 1.807) is 32.0 Å². The third-order valence-corrected chi connectivity index (χ3v) is 3.03. The fraction of sp³-hybridized carbons (Fsp3) is 0.273. The first-order chi connectivity index (χ1) is 7.35. The smallest absolute Gasteiger partial charge is 0.253 e. The third kappa shape index (κ3) is 3.32. The number of hydrogen-bond donors (Lipinski definition) is 1. The maximum absolute atomic E-state index is 11.8. The highest BCUT2D eigenvalue weighted by Crippen LogP contribution is 2.22. The van der Waals surface area contributed by atoms with Gasteiger partial charge in [0.2, 0.25) is 0 Å². The van der Waals surface area contributed by atoms with Crippen molar-refractivity contribution in [2.45, 2.75) is 19.4 Å². The highest BCUT2D eigenvalue weighted by atomic mass is 79.9. The van der Waals surface area contributed by atoms with E-state index in [0.29, 0.717) is 10.0 Å². The Bertz CT molecular complexity index is 464. The number of nitrogens with one attached hydrogen (secondary N) is 1. The van der Waals surface area contributed by atoms with E-state index in [1.807, 2.05) is 6.07 Å². The van der Waals surface area contributed by atoms with E-state index >= 15 is 0 Å². The maximum atomic E-state index is 11.8. The van der Waals surface area contributed by atoms with Crippen molar-refractivity contribution in [2.24, 2.45) is 0 Å². The summed E-state index contributed by atoms with van der Waals surface area (Å²) in [5.41, 5.74) is -0.365. The Hall–Kier alpha value is -0.860. The number of nitrogens with zero attached hydrogens (tertiary/aromatic N) is 1. The molecule has 0 aliphatic rings. The van der Waals surface area contributed by atoms with Gasteiger partial charge in [-0.1, -0.05) is 15.9 Å². The van der Waals surface area contributed by atoms with Gasteiger partial charge in [-0.3, -0.25) is 4.79 Å². The molecule has 0 saturated heterocycles. The van der Waals surface area contributed by atoms with Gasteiger partial charge in [-0.15, -0.1) is 0 Å². The van der Waals surface area contributed by atoms with E-state index in [4.69, 9.17) is 5.26 Å². The number of rotatable bonds is 2. The molecule has 84 valence electrons. The summed E-state index contributed by atoms with van der Waals surface area (Å²) in [6.07, 6.45) is 0. The molecule has 0 saturated carbocycles. The largest absolute Gasteiger partial charge is 0.334 e. The molecule has 0 unspecified atom stereocenters. The van der Waals surface area contributed by atoms with Crippen molar-refractivity contribution in [1.82, 2.24) is 5.32 Å². The Labute approximate surface area is 111 Å². The molecule has 0 aliphatic heterocycles. The SMILES string of the molecule is CC(C)(C#N)NC(=O)c1ccc(Br)cc1Br. The summed E-state index contributed by atoms with van der Waals surface area (Å²) < 4.78 is 1.57. The number of carbonyl (C=O) groups excluding carboxylic acids is 1. The highest BCUT2D eigenvalue weighted by Gasteiger charge is 2.21. The Morgan fingerprint density at radius 2 is 2.06 bits per heavy atom. The zero-order valence-electron chi connectivity index (χ0n) is 8.84. The van der Waals surface area contributed by atoms with E-state index in [0.717, 1.165) is 4.47 Å². The first-order valence-electron chi connectivity index (χ1n) is 4.54. The molecule has 3 nitrogen and oxygen atoms in total. The minimum absolute atomic E-state index is 0.272. The van der Waals surface area contributed by atoms with E-state index in [-0.39, 0.29) is 5.91 Å². The van der Waals surface area contributed by atoms with Gasteiger partial charge in [0.15, 0.2) is 0 Å². The quantitative estimate of drug-likeness (QED) is 0.894. The second-order valence-corrected chi connectivity index (χ2v) is 5.59. The van der Waals surface area contributed by atoms with Crippen molar-refractivity contribution in [3.8, 4) is 6.07 Å². The highest BCUT2D eigenvalue weighted by molar-refractivity contribution is 9.11. The molecule has 1 amide bonds. The van der Waals surface area contributed by atoms with Crippen LogP contribution in [0.4, 0.5) is 0 Å². The van der Waals surface area contributed by atoms with Gasteiger partial charge in [-0.05, 0) is 48.0 Å². The van der Waals surface area contributed by atoms with Crippen molar-refractivity contribution in [1.29, 1.82) is 5.26 Å². The molecular weight excluding hydrogens is 336 g/mol. The van der Waals surface area contributed by atoms with Crippen molar-refractivity contribution >= 4 is 37.8 Å². The van der Waals surface area contributed by atoms with Gasteiger partial charge in [-0.25, -0.2) is 0 Å². The topological polar surface area (TPSA) is 52.9 Å². The summed E-state index contributed by atoms with van der Waals surface area (Å²) in [6.45, 7) is 3.30. The lowest BCUT2D eigenvalue weighted by Gasteiger charge is -2.17. The summed E-state index contributed by atoms with van der Waals surface area (Å²) in [7, 11) is 0. The van der Waals surface area contributed by atoms with E-state index in [2.05, 4.69) is 37.2 Å². The van der Waals surface area contributed by atoms with Gasteiger partial charge < -0.3 is 5.32 Å².